The summed E-state index contributed by atoms with van der Waals surface area (Å²) in [7, 11) is -0.940. The predicted octanol–water partition coefficient (Wildman–Crippen LogP) is 4.56. The van der Waals surface area contributed by atoms with Gasteiger partial charge in [0.1, 0.15) is 0 Å². The van der Waals surface area contributed by atoms with Crippen molar-refractivity contribution in [2.24, 2.45) is 0 Å². The maximum Gasteiger partial charge on any atom is 0.257 e. The molecule has 0 radical (unpaired) electrons. The molecule has 0 spiro atoms. The predicted molar refractivity (Wildman–Crippen MR) is 109 cm³/mol. The SMILES string of the molecule is Cc1ccc(-c2csc(NC(=O)c3cccc(CS(C)=O)c3)n2)cc1C. The molecule has 0 saturated carbocycles. The first-order valence-electron chi connectivity index (χ1n) is 8.16. The van der Waals surface area contributed by atoms with E-state index in [1.165, 1.54) is 22.5 Å². The zero-order valence-electron chi connectivity index (χ0n) is 14.9. The van der Waals surface area contributed by atoms with E-state index < -0.39 is 10.8 Å². The van der Waals surface area contributed by atoms with Crippen LogP contribution in [0.5, 0.6) is 0 Å². The largest absolute Gasteiger partial charge is 0.298 e. The molecule has 26 heavy (non-hydrogen) atoms. The van der Waals surface area contributed by atoms with E-state index in [0.717, 1.165) is 16.8 Å². The zero-order valence-corrected chi connectivity index (χ0v) is 16.5. The van der Waals surface area contributed by atoms with E-state index in [2.05, 4.69) is 36.3 Å². The first kappa shape index (κ1) is 18.5. The number of hydrogen-bond donors (Lipinski definition) is 1. The normalized spacial score (nSPS) is 12.0. The maximum absolute atomic E-state index is 12.5. The number of carbonyl (C=O) groups excluding carboxylic acids is 1. The number of amides is 1. The van der Waals surface area contributed by atoms with Crippen LogP contribution in [0, 0.1) is 13.8 Å². The van der Waals surface area contributed by atoms with Crippen LogP contribution in [0.25, 0.3) is 11.3 Å². The molecule has 0 bridgehead atoms. The molecular weight excluding hydrogens is 364 g/mol. The number of carbonyl (C=O) groups is 1. The molecule has 0 saturated heterocycles. The lowest BCUT2D eigenvalue weighted by atomic mass is 10.1. The van der Waals surface area contributed by atoms with E-state index in [0.29, 0.717) is 16.4 Å². The van der Waals surface area contributed by atoms with Gasteiger partial charge in [0.2, 0.25) is 0 Å². The topological polar surface area (TPSA) is 59.1 Å². The van der Waals surface area contributed by atoms with Crippen molar-refractivity contribution in [1.29, 1.82) is 0 Å². The molecule has 1 heterocycles. The van der Waals surface area contributed by atoms with Gasteiger partial charge in [-0.05, 0) is 48.7 Å². The van der Waals surface area contributed by atoms with Crippen LogP contribution >= 0.6 is 11.3 Å². The van der Waals surface area contributed by atoms with Crippen molar-refractivity contribution >= 4 is 33.2 Å². The van der Waals surface area contributed by atoms with Gasteiger partial charge in [-0.25, -0.2) is 4.98 Å². The molecule has 1 aromatic heterocycles. The molecule has 1 N–H and O–H groups in total. The van der Waals surface area contributed by atoms with Crippen LogP contribution < -0.4 is 5.32 Å². The Balaban J connectivity index is 1.75. The van der Waals surface area contributed by atoms with Crippen LogP contribution in [0.2, 0.25) is 0 Å². The van der Waals surface area contributed by atoms with Crippen molar-refractivity contribution in [3.05, 3.63) is 70.1 Å². The van der Waals surface area contributed by atoms with Crippen LogP contribution in [-0.4, -0.2) is 21.4 Å². The first-order chi connectivity index (χ1) is 12.4. The van der Waals surface area contributed by atoms with Crippen molar-refractivity contribution in [2.75, 3.05) is 11.6 Å². The second-order valence-electron chi connectivity index (χ2n) is 6.21. The van der Waals surface area contributed by atoms with E-state index in [1.807, 2.05) is 17.5 Å². The number of anilines is 1. The molecule has 1 amide bonds. The molecule has 0 aliphatic rings. The van der Waals surface area contributed by atoms with Crippen molar-refractivity contribution in [3.63, 3.8) is 0 Å². The standard InChI is InChI=1S/C20H20N2O2S2/c1-13-7-8-16(9-14(13)2)18-11-25-20(21-18)22-19(23)17-6-4-5-15(10-17)12-26(3)24/h4-11H,12H2,1-3H3,(H,21,22,23). The quantitative estimate of drug-likeness (QED) is 0.702. The van der Waals surface area contributed by atoms with Gasteiger partial charge in [0.25, 0.3) is 5.91 Å². The average Bonchev–Trinajstić information content (AvgIpc) is 3.05. The number of aromatic nitrogens is 1. The van der Waals surface area contributed by atoms with Crippen molar-refractivity contribution < 1.29 is 9.00 Å². The minimum atomic E-state index is -0.940. The Bertz CT molecular complexity index is 979. The molecular formula is C20H20N2O2S2. The maximum atomic E-state index is 12.5. The van der Waals surface area contributed by atoms with Crippen LogP contribution in [0.3, 0.4) is 0 Å². The Labute approximate surface area is 159 Å². The third-order valence-corrected chi connectivity index (χ3v) is 5.58. The summed E-state index contributed by atoms with van der Waals surface area (Å²) < 4.78 is 11.4. The molecule has 3 aromatic rings. The lowest BCUT2D eigenvalue weighted by Gasteiger charge is -2.05. The van der Waals surface area contributed by atoms with Crippen LogP contribution in [0.15, 0.2) is 47.8 Å². The Morgan fingerprint density at radius 1 is 1.15 bits per heavy atom. The smallest absolute Gasteiger partial charge is 0.257 e. The molecule has 134 valence electrons. The minimum Gasteiger partial charge on any atom is -0.298 e. The zero-order chi connectivity index (χ0) is 18.7. The van der Waals surface area contributed by atoms with Gasteiger partial charge in [-0.3, -0.25) is 14.3 Å². The fraction of sp³-hybridized carbons (Fsp3) is 0.200. The monoisotopic (exact) mass is 384 g/mol. The highest BCUT2D eigenvalue weighted by Crippen LogP contribution is 2.26. The van der Waals surface area contributed by atoms with Gasteiger partial charge >= 0.3 is 0 Å². The highest BCUT2D eigenvalue weighted by atomic mass is 32.2. The van der Waals surface area contributed by atoms with Crippen molar-refractivity contribution in [3.8, 4) is 11.3 Å². The van der Waals surface area contributed by atoms with Gasteiger partial charge in [-0.15, -0.1) is 11.3 Å². The van der Waals surface area contributed by atoms with Crippen LogP contribution in [0.1, 0.15) is 27.0 Å². The highest BCUT2D eigenvalue weighted by molar-refractivity contribution is 7.83. The Morgan fingerprint density at radius 2 is 1.96 bits per heavy atom. The summed E-state index contributed by atoms with van der Waals surface area (Å²) in [5.74, 6) is 0.227. The van der Waals surface area contributed by atoms with Gasteiger partial charge in [0, 0.05) is 39.3 Å². The Hall–Kier alpha value is -2.31. The minimum absolute atomic E-state index is 0.213. The number of rotatable bonds is 5. The Morgan fingerprint density at radius 3 is 2.69 bits per heavy atom. The molecule has 4 nitrogen and oxygen atoms in total. The molecule has 0 aliphatic carbocycles. The van der Waals surface area contributed by atoms with Gasteiger partial charge in [-0.2, -0.15) is 0 Å². The second kappa shape index (κ2) is 7.93. The summed E-state index contributed by atoms with van der Waals surface area (Å²) in [6, 6.07) is 13.4. The molecule has 1 unspecified atom stereocenters. The third kappa shape index (κ3) is 4.45. The van der Waals surface area contributed by atoms with E-state index in [9.17, 15) is 9.00 Å². The lowest BCUT2D eigenvalue weighted by Crippen LogP contribution is -2.12. The molecule has 1 atom stereocenters. The fourth-order valence-electron chi connectivity index (χ4n) is 2.57. The van der Waals surface area contributed by atoms with Gasteiger partial charge in [0.15, 0.2) is 5.13 Å². The molecule has 3 rings (SSSR count). The summed E-state index contributed by atoms with van der Waals surface area (Å²) in [5, 5.41) is 5.35. The number of aryl methyl sites for hydroxylation is 2. The summed E-state index contributed by atoms with van der Waals surface area (Å²) >= 11 is 1.40. The summed E-state index contributed by atoms with van der Waals surface area (Å²) in [6.07, 6.45) is 1.65. The summed E-state index contributed by atoms with van der Waals surface area (Å²) in [4.78, 5) is 17.0. The van der Waals surface area contributed by atoms with Gasteiger partial charge < -0.3 is 0 Å². The average molecular weight is 385 g/mol. The molecule has 2 aromatic carbocycles. The molecule has 6 heteroatoms. The number of nitrogens with one attached hydrogen (secondary N) is 1. The Kier molecular flexibility index (Phi) is 5.64. The molecule has 0 fully saturated rings. The first-order valence-corrected chi connectivity index (χ1v) is 10.8. The van der Waals surface area contributed by atoms with E-state index >= 15 is 0 Å². The van der Waals surface area contributed by atoms with Gasteiger partial charge in [0.05, 0.1) is 5.69 Å². The third-order valence-electron chi connectivity index (χ3n) is 4.09. The summed E-state index contributed by atoms with van der Waals surface area (Å²) in [6.45, 7) is 4.15. The van der Waals surface area contributed by atoms with Crippen molar-refractivity contribution in [2.45, 2.75) is 19.6 Å². The molecule has 0 aliphatic heterocycles. The van der Waals surface area contributed by atoms with Crippen LogP contribution in [0.4, 0.5) is 5.13 Å². The fourth-order valence-corrected chi connectivity index (χ4v) is 3.93. The van der Waals surface area contributed by atoms with Crippen LogP contribution in [-0.2, 0) is 16.6 Å². The second-order valence-corrected chi connectivity index (χ2v) is 8.50. The number of nitrogens with zero attached hydrogens (tertiary/aromatic N) is 1. The van der Waals surface area contributed by atoms with Gasteiger partial charge in [-0.1, -0.05) is 24.3 Å². The van der Waals surface area contributed by atoms with E-state index in [-0.39, 0.29) is 5.91 Å². The van der Waals surface area contributed by atoms with Crippen molar-refractivity contribution in [1.82, 2.24) is 4.98 Å². The number of hydrogen-bond acceptors (Lipinski definition) is 4. The van der Waals surface area contributed by atoms with E-state index in [4.69, 9.17) is 0 Å². The number of benzene rings is 2. The lowest BCUT2D eigenvalue weighted by molar-refractivity contribution is 0.102. The highest BCUT2D eigenvalue weighted by Gasteiger charge is 2.11. The van der Waals surface area contributed by atoms with E-state index in [1.54, 1.807) is 24.5 Å². The number of thiazole rings is 1. The summed E-state index contributed by atoms with van der Waals surface area (Å²) in [5.41, 5.74) is 5.77.